The van der Waals surface area contributed by atoms with Gasteiger partial charge in [-0.05, 0) is 18.5 Å². The standard InChI is InChI=1S/C10H9N3O2/c11-3-6-4-13-8-5-12-2-1-7(8)9(6)10(14)15/h4,12H,1-2,5H2,(H,14,15). The van der Waals surface area contributed by atoms with Crippen molar-refractivity contribution in [2.45, 2.75) is 13.0 Å². The summed E-state index contributed by atoms with van der Waals surface area (Å²) >= 11 is 0. The van der Waals surface area contributed by atoms with E-state index in [0.717, 1.165) is 12.2 Å². The van der Waals surface area contributed by atoms with E-state index in [1.54, 1.807) is 0 Å². The van der Waals surface area contributed by atoms with Crippen LogP contribution in [0.4, 0.5) is 0 Å². The van der Waals surface area contributed by atoms with Crippen molar-refractivity contribution in [1.82, 2.24) is 10.3 Å². The van der Waals surface area contributed by atoms with Gasteiger partial charge < -0.3 is 10.4 Å². The molecule has 0 aliphatic carbocycles. The lowest BCUT2D eigenvalue weighted by Crippen LogP contribution is -2.27. The lowest BCUT2D eigenvalue weighted by Gasteiger charge is -2.18. The first kappa shape index (κ1) is 9.62. The van der Waals surface area contributed by atoms with Crippen LogP contribution in [0.3, 0.4) is 0 Å². The van der Waals surface area contributed by atoms with E-state index in [4.69, 9.17) is 10.4 Å². The molecule has 0 radical (unpaired) electrons. The molecule has 76 valence electrons. The molecule has 0 spiro atoms. The Morgan fingerprint density at radius 3 is 3.13 bits per heavy atom. The zero-order valence-corrected chi connectivity index (χ0v) is 7.95. The average molecular weight is 203 g/mol. The molecule has 0 saturated heterocycles. The van der Waals surface area contributed by atoms with Crippen molar-refractivity contribution >= 4 is 5.97 Å². The summed E-state index contributed by atoms with van der Waals surface area (Å²) in [4.78, 5) is 15.1. The number of carbonyl (C=O) groups is 1. The lowest BCUT2D eigenvalue weighted by molar-refractivity contribution is 0.0695. The van der Waals surface area contributed by atoms with Gasteiger partial charge in [-0.2, -0.15) is 5.26 Å². The summed E-state index contributed by atoms with van der Waals surface area (Å²) < 4.78 is 0. The Hall–Kier alpha value is -1.93. The van der Waals surface area contributed by atoms with Gasteiger partial charge in [0.15, 0.2) is 0 Å². The molecule has 1 aliphatic rings. The molecule has 5 nitrogen and oxygen atoms in total. The second-order valence-electron chi connectivity index (χ2n) is 3.32. The third-order valence-electron chi connectivity index (χ3n) is 2.45. The first-order valence-electron chi connectivity index (χ1n) is 4.59. The van der Waals surface area contributed by atoms with Crippen LogP contribution < -0.4 is 5.32 Å². The molecule has 1 aliphatic heterocycles. The molecule has 2 rings (SSSR count). The minimum Gasteiger partial charge on any atom is -0.478 e. The Morgan fingerprint density at radius 1 is 1.67 bits per heavy atom. The Bertz CT molecular complexity index is 462. The summed E-state index contributed by atoms with van der Waals surface area (Å²) in [5, 5.41) is 21.0. The number of hydrogen-bond acceptors (Lipinski definition) is 4. The van der Waals surface area contributed by atoms with Gasteiger partial charge in [-0.15, -0.1) is 0 Å². The summed E-state index contributed by atoms with van der Waals surface area (Å²) in [7, 11) is 0. The highest BCUT2D eigenvalue weighted by atomic mass is 16.4. The van der Waals surface area contributed by atoms with Crippen LogP contribution in [-0.2, 0) is 13.0 Å². The van der Waals surface area contributed by atoms with E-state index in [1.807, 2.05) is 6.07 Å². The number of aromatic nitrogens is 1. The largest absolute Gasteiger partial charge is 0.478 e. The van der Waals surface area contributed by atoms with Crippen molar-refractivity contribution in [1.29, 1.82) is 5.26 Å². The van der Waals surface area contributed by atoms with Gasteiger partial charge in [-0.25, -0.2) is 4.79 Å². The van der Waals surface area contributed by atoms with Gasteiger partial charge in [-0.3, -0.25) is 4.98 Å². The summed E-state index contributed by atoms with van der Waals surface area (Å²) in [6, 6.07) is 1.86. The normalized spacial score (nSPS) is 14.1. The highest BCUT2D eigenvalue weighted by molar-refractivity contribution is 5.92. The van der Waals surface area contributed by atoms with E-state index >= 15 is 0 Å². The second-order valence-corrected chi connectivity index (χ2v) is 3.32. The fourth-order valence-electron chi connectivity index (χ4n) is 1.76. The first-order valence-corrected chi connectivity index (χ1v) is 4.59. The Labute approximate surface area is 86.4 Å². The fraction of sp³-hybridized carbons (Fsp3) is 0.300. The molecule has 0 bridgehead atoms. The predicted molar refractivity (Wildman–Crippen MR) is 51.3 cm³/mol. The summed E-state index contributed by atoms with van der Waals surface area (Å²) in [5.74, 6) is -1.05. The van der Waals surface area contributed by atoms with E-state index in [9.17, 15) is 4.79 Å². The number of nitrogens with one attached hydrogen (secondary N) is 1. The van der Waals surface area contributed by atoms with Gasteiger partial charge >= 0.3 is 5.97 Å². The third kappa shape index (κ3) is 1.55. The van der Waals surface area contributed by atoms with Crippen LogP contribution in [0.15, 0.2) is 6.20 Å². The number of rotatable bonds is 1. The molecule has 1 aromatic heterocycles. The van der Waals surface area contributed by atoms with Crippen LogP contribution in [0, 0.1) is 11.3 Å². The molecular formula is C10H9N3O2. The molecule has 5 heteroatoms. The molecule has 0 aromatic carbocycles. The van der Waals surface area contributed by atoms with E-state index in [2.05, 4.69) is 10.3 Å². The van der Waals surface area contributed by atoms with Gasteiger partial charge in [0.25, 0.3) is 0 Å². The quantitative estimate of drug-likeness (QED) is 0.685. The number of hydrogen-bond donors (Lipinski definition) is 2. The van der Waals surface area contributed by atoms with Crippen molar-refractivity contribution in [3.8, 4) is 6.07 Å². The van der Waals surface area contributed by atoms with Gasteiger partial charge in [0.05, 0.1) is 16.8 Å². The SMILES string of the molecule is N#Cc1cnc2c(c1C(=O)O)CCNC2. The zero-order valence-electron chi connectivity index (χ0n) is 7.95. The van der Waals surface area contributed by atoms with Crippen LogP contribution >= 0.6 is 0 Å². The Kier molecular flexibility index (Phi) is 2.35. The summed E-state index contributed by atoms with van der Waals surface area (Å²) in [5.41, 5.74) is 1.69. The Morgan fingerprint density at radius 2 is 2.47 bits per heavy atom. The van der Waals surface area contributed by atoms with Crippen LogP contribution in [0.5, 0.6) is 0 Å². The first-order chi connectivity index (χ1) is 7.24. The monoisotopic (exact) mass is 203 g/mol. The number of carboxylic acid groups (broad SMARTS) is 1. The molecule has 15 heavy (non-hydrogen) atoms. The van der Waals surface area contributed by atoms with Crippen LogP contribution in [0.25, 0.3) is 0 Å². The minimum absolute atomic E-state index is 0.115. The van der Waals surface area contributed by atoms with Gasteiger partial charge in [-0.1, -0.05) is 0 Å². The Balaban J connectivity index is 2.66. The molecule has 0 amide bonds. The highest BCUT2D eigenvalue weighted by Crippen LogP contribution is 2.19. The maximum absolute atomic E-state index is 11.1. The number of carboxylic acids is 1. The molecule has 2 heterocycles. The lowest BCUT2D eigenvalue weighted by atomic mass is 9.97. The van der Waals surface area contributed by atoms with Crippen molar-refractivity contribution in [3.05, 3.63) is 28.6 Å². The maximum Gasteiger partial charge on any atom is 0.337 e. The molecule has 2 N–H and O–H groups in total. The van der Waals surface area contributed by atoms with Crippen LogP contribution in [0.1, 0.15) is 27.2 Å². The number of pyridine rings is 1. The number of fused-ring (bicyclic) bond motifs is 1. The number of aromatic carboxylic acids is 1. The predicted octanol–water partition coefficient (Wildman–Crippen LogP) is 0.297. The van der Waals surface area contributed by atoms with Gasteiger partial charge in [0.2, 0.25) is 0 Å². The second kappa shape index (κ2) is 3.67. The molecule has 0 unspecified atom stereocenters. The topological polar surface area (TPSA) is 86.0 Å². The van der Waals surface area contributed by atoms with Crippen molar-refractivity contribution in [3.63, 3.8) is 0 Å². The van der Waals surface area contributed by atoms with Gasteiger partial charge in [0, 0.05) is 12.7 Å². The highest BCUT2D eigenvalue weighted by Gasteiger charge is 2.21. The molecule has 1 aromatic rings. The van der Waals surface area contributed by atoms with Crippen LogP contribution in [-0.4, -0.2) is 22.6 Å². The fourth-order valence-corrected chi connectivity index (χ4v) is 1.76. The van der Waals surface area contributed by atoms with E-state index in [0.29, 0.717) is 18.5 Å². The molecule has 0 saturated carbocycles. The average Bonchev–Trinajstić information content (AvgIpc) is 2.27. The number of nitrogens with zero attached hydrogens (tertiary/aromatic N) is 2. The molecule has 0 atom stereocenters. The molecule has 0 fully saturated rings. The maximum atomic E-state index is 11.1. The van der Waals surface area contributed by atoms with Crippen molar-refractivity contribution < 1.29 is 9.90 Å². The van der Waals surface area contributed by atoms with Gasteiger partial charge in [0.1, 0.15) is 6.07 Å². The van der Waals surface area contributed by atoms with Crippen molar-refractivity contribution in [2.24, 2.45) is 0 Å². The van der Waals surface area contributed by atoms with E-state index in [1.165, 1.54) is 6.20 Å². The summed E-state index contributed by atoms with van der Waals surface area (Å²) in [6.45, 7) is 1.30. The van der Waals surface area contributed by atoms with E-state index in [-0.39, 0.29) is 11.1 Å². The van der Waals surface area contributed by atoms with Crippen molar-refractivity contribution in [2.75, 3.05) is 6.54 Å². The third-order valence-corrected chi connectivity index (χ3v) is 2.45. The summed E-state index contributed by atoms with van der Waals surface area (Å²) in [6.07, 6.45) is 1.94. The minimum atomic E-state index is -1.05. The smallest absolute Gasteiger partial charge is 0.337 e. The molecular weight excluding hydrogens is 194 g/mol. The van der Waals surface area contributed by atoms with E-state index < -0.39 is 5.97 Å². The number of nitriles is 1. The zero-order chi connectivity index (χ0) is 10.8. The van der Waals surface area contributed by atoms with Crippen LogP contribution in [0.2, 0.25) is 0 Å².